The van der Waals surface area contributed by atoms with Gasteiger partial charge < -0.3 is 10.2 Å². The summed E-state index contributed by atoms with van der Waals surface area (Å²) in [6.07, 6.45) is 3.97. The number of carbonyl (C=O) groups is 2. The standard InChI is InChI=1S/C16H25N3O2/c1-5-11(2)15(18-12(3)9-13(4)20)16(21)19-8-6-7-14(19)10-17/h9,11,14-15,18H,5-8H2,1-4H3/b12-9+. The van der Waals surface area contributed by atoms with Crippen LogP contribution in [0.1, 0.15) is 47.0 Å². The van der Waals surface area contributed by atoms with E-state index in [1.54, 1.807) is 11.8 Å². The molecule has 0 aromatic carbocycles. The van der Waals surface area contributed by atoms with Crippen LogP contribution in [0.2, 0.25) is 0 Å². The summed E-state index contributed by atoms with van der Waals surface area (Å²) in [5.41, 5.74) is 0.689. The van der Waals surface area contributed by atoms with Crippen molar-refractivity contribution in [2.24, 2.45) is 5.92 Å². The fraction of sp³-hybridized carbons (Fsp3) is 0.688. The molecule has 1 fully saturated rings. The van der Waals surface area contributed by atoms with Crippen LogP contribution in [0.15, 0.2) is 11.8 Å². The van der Waals surface area contributed by atoms with Crippen molar-refractivity contribution in [3.05, 3.63) is 11.8 Å². The molecule has 1 N–H and O–H groups in total. The molecule has 116 valence electrons. The van der Waals surface area contributed by atoms with Gasteiger partial charge in [-0.15, -0.1) is 0 Å². The lowest BCUT2D eigenvalue weighted by molar-refractivity contribution is -0.134. The van der Waals surface area contributed by atoms with Gasteiger partial charge in [-0.1, -0.05) is 20.3 Å². The van der Waals surface area contributed by atoms with Gasteiger partial charge in [0.05, 0.1) is 6.07 Å². The first-order valence-electron chi connectivity index (χ1n) is 7.56. The number of carbonyl (C=O) groups excluding carboxylic acids is 2. The Balaban J connectivity index is 2.90. The predicted molar refractivity (Wildman–Crippen MR) is 81.2 cm³/mol. The Labute approximate surface area is 127 Å². The summed E-state index contributed by atoms with van der Waals surface area (Å²) in [7, 11) is 0. The zero-order chi connectivity index (χ0) is 16.0. The van der Waals surface area contributed by atoms with Gasteiger partial charge in [-0.2, -0.15) is 5.26 Å². The second kappa shape index (κ2) is 7.82. The van der Waals surface area contributed by atoms with Gasteiger partial charge in [-0.05, 0) is 38.7 Å². The smallest absolute Gasteiger partial charge is 0.246 e. The maximum absolute atomic E-state index is 12.7. The number of nitriles is 1. The van der Waals surface area contributed by atoms with E-state index >= 15 is 0 Å². The molecule has 0 aromatic rings. The molecule has 5 heteroatoms. The summed E-state index contributed by atoms with van der Waals surface area (Å²) in [5.74, 6) is 0.0453. The van der Waals surface area contributed by atoms with E-state index in [9.17, 15) is 9.59 Å². The molecule has 1 heterocycles. The first kappa shape index (κ1) is 17.2. The van der Waals surface area contributed by atoms with Gasteiger partial charge in [0.1, 0.15) is 12.1 Å². The molecule has 0 saturated carbocycles. The Hall–Kier alpha value is -1.83. The summed E-state index contributed by atoms with van der Waals surface area (Å²) in [6, 6.07) is 1.49. The summed E-state index contributed by atoms with van der Waals surface area (Å²) < 4.78 is 0. The van der Waals surface area contributed by atoms with Gasteiger partial charge in [-0.3, -0.25) is 9.59 Å². The minimum Gasteiger partial charge on any atom is -0.377 e. The Morgan fingerprint density at radius 2 is 2.14 bits per heavy atom. The van der Waals surface area contributed by atoms with Crippen molar-refractivity contribution in [3.63, 3.8) is 0 Å². The molecule has 0 radical (unpaired) electrons. The van der Waals surface area contributed by atoms with Crippen molar-refractivity contribution in [2.75, 3.05) is 6.54 Å². The fourth-order valence-corrected chi connectivity index (χ4v) is 2.62. The van der Waals surface area contributed by atoms with Gasteiger partial charge in [-0.25, -0.2) is 0 Å². The highest BCUT2D eigenvalue weighted by atomic mass is 16.2. The molecule has 1 amide bonds. The molecule has 0 aliphatic carbocycles. The molecular weight excluding hydrogens is 266 g/mol. The summed E-state index contributed by atoms with van der Waals surface area (Å²) in [5, 5.41) is 12.3. The number of hydrogen-bond acceptors (Lipinski definition) is 4. The Bertz CT molecular complexity index is 465. The maximum atomic E-state index is 12.7. The normalized spacial score (nSPS) is 21.6. The zero-order valence-electron chi connectivity index (χ0n) is 13.3. The molecule has 0 spiro atoms. The van der Waals surface area contributed by atoms with Crippen LogP contribution in [0, 0.1) is 17.2 Å². The van der Waals surface area contributed by atoms with E-state index in [1.807, 2.05) is 13.8 Å². The van der Waals surface area contributed by atoms with Gasteiger partial charge in [0.25, 0.3) is 0 Å². The lowest BCUT2D eigenvalue weighted by Crippen LogP contribution is -2.50. The molecule has 1 aliphatic rings. The Morgan fingerprint density at radius 1 is 1.48 bits per heavy atom. The molecule has 3 unspecified atom stereocenters. The second-order valence-electron chi connectivity index (χ2n) is 5.76. The molecule has 1 saturated heterocycles. The number of ketones is 1. The van der Waals surface area contributed by atoms with Gasteiger partial charge in [0.2, 0.25) is 5.91 Å². The van der Waals surface area contributed by atoms with E-state index in [2.05, 4.69) is 11.4 Å². The van der Waals surface area contributed by atoms with Crippen molar-refractivity contribution < 1.29 is 9.59 Å². The fourth-order valence-electron chi connectivity index (χ4n) is 2.62. The van der Waals surface area contributed by atoms with E-state index in [4.69, 9.17) is 5.26 Å². The molecule has 0 aromatic heterocycles. The first-order chi connectivity index (χ1) is 9.90. The van der Waals surface area contributed by atoms with Crippen LogP contribution in [0.4, 0.5) is 0 Å². The number of allylic oxidation sites excluding steroid dienone is 2. The quantitative estimate of drug-likeness (QED) is 0.760. The van der Waals surface area contributed by atoms with Crippen LogP contribution in [0.25, 0.3) is 0 Å². The van der Waals surface area contributed by atoms with Gasteiger partial charge >= 0.3 is 0 Å². The third-order valence-electron chi connectivity index (χ3n) is 3.97. The highest BCUT2D eigenvalue weighted by molar-refractivity contribution is 5.88. The average Bonchev–Trinajstić information content (AvgIpc) is 2.90. The molecule has 5 nitrogen and oxygen atoms in total. The number of hydrogen-bond donors (Lipinski definition) is 1. The van der Waals surface area contributed by atoms with E-state index in [-0.39, 0.29) is 29.7 Å². The van der Waals surface area contributed by atoms with Crippen LogP contribution >= 0.6 is 0 Å². The molecule has 1 aliphatic heterocycles. The van der Waals surface area contributed by atoms with Crippen LogP contribution in [-0.4, -0.2) is 35.2 Å². The topological polar surface area (TPSA) is 73.2 Å². The van der Waals surface area contributed by atoms with Crippen LogP contribution in [-0.2, 0) is 9.59 Å². The zero-order valence-corrected chi connectivity index (χ0v) is 13.3. The summed E-state index contributed by atoms with van der Waals surface area (Å²) in [6.45, 7) is 7.95. The minimum atomic E-state index is -0.389. The van der Waals surface area contributed by atoms with Crippen LogP contribution < -0.4 is 5.32 Å². The Morgan fingerprint density at radius 3 is 2.67 bits per heavy atom. The number of amides is 1. The number of nitrogens with zero attached hydrogens (tertiary/aromatic N) is 2. The summed E-state index contributed by atoms with van der Waals surface area (Å²) >= 11 is 0. The van der Waals surface area contributed by atoms with E-state index in [1.165, 1.54) is 13.0 Å². The van der Waals surface area contributed by atoms with Gasteiger partial charge in [0.15, 0.2) is 5.78 Å². The molecule has 0 bridgehead atoms. The highest BCUT2D eigenvalue weighted by Crippen LogP contribution is 2.21. The molecular formula is C16H25N3O2. The number of nitrogens with one attached hydrogen (secondary N) is 1. The predicted octanol–water partition coefficient (Wildman–Crippen LogP) is 2.00. The first-order valence-corrected chi connectivity index (χ1v) is 7.56. The average molecular weight is 291 g/mol. The van der Waals surface area contributed by atoms with Gasteiger partial charge in [0, 0.05) is 12.2 Å². The number of rotatable bonds is 6. The second-order valence-corrected chi connectivity index (χ2v) is 5.76. The van der Waals surface area contributed by atoms with E-state index < -0.39 is 0 Å². The SMILES string of the molecule is CCC(C)C(N/C(C)=C/C(C)=O)C(=O)N1CCCC1C#N. The maximum Gasteiger partial charge on any atom is 0.246 e. The third kappa shape index (κ3) is 4.59. The van der Waals surface area contributed by atoms with Crippen molar-refractivity contribution in [2.45, 2.75) is 59.0 Å². The van der Waals surface area contributed by atoms with Crippen LogP contribution in [0.5, 0.6) is 0 Å². The molecule has 21 heavy (non-hydrogen) atoms. The molecule has 1 rings (SSSR count). The van der Waals surface area contributed by atoms with Crippen molar-refractivity contribution in [3.8, 4) is 6.07 Å². The van der Waals surface area contributed by atoms with Crippen molar-refractivity contribution in [1.29, 1.82) is 5.26 Å². The molecule has 3 atom stereocenters. The lowest BCUT2D eigenvalue weighted by atomic mass is 9.97. The van der Waals surface area contributed by atoms with E-state index in [0.717, 1.165) is 19.3 Å². The highest BCUT2D eigenvalue weighted by Gasteiger charge is 2.35. The third-order valence-corrected chi connectivity index (χ3v) is 3.97. The van der Waals surface area contributed by atoms with Crippen molar-refractivity contribution in [1.82, 2.24) is 10.2 Å². The monoisotopic (exact) mass is 291 g/mol. The Kier molecular flexibility index (Phi) is 6.41. The summed E-state index contributed by atoms with van der Waals surface area (Å²) in [4.78, 5) is 25.6. The minimum absolute atomic E-state index is 0.0373. The van der Waals surface area contributed by atoms with Crippen LogP contribution in [0.3, 0.4) is 0 Å². The van der Waals surface area contributed by atoms with Crippen molar-refractivity contribution >= 4 is 11.7 Å². The largest absolute Gasteiger partial charge is 0.377 e. The number of likely N-dealkylation sites (tertiary alicyclic amines) is 1. The lowest BCUT2D eigenvalue weighted by Gasteiger charge is -2.30. The van der Waals surface area contributed by atoms with E-state index in [0.29, 0.717) is 12.2 Å².